The standard InChI is InChI=1S/C15H14N2O2/c18-17(19)15-6-5-14(16-10-15)9-11-7-12-3-1-2-4-13(12)8-11/h1-6,10-11H,7-9H2. The van der Waals surface area contributed by atoms with Gasteiger partial charge in [-0.3, -0.25) is 15.1 Å². The van der Waals surface area contributed by atoms with Crippen molar-refractivity contribution in [1.29, 1.82) is 0 Å². The van der Waals surface area contributed by atoms with Gasteiger partial charge in [-0.1, -0.05) is 24.3 Å². The van der Waals surface area contributed by atoms with Crippen molar-refractivity contribution in [2.24, 2.45) is 5.92 Å². The Bertz CT molecular complexity index is 583. The maximum absolute atomic E-state index is 10.6. The first-order valence-corrected chi connectivity index (χ1v) is 6.38. The maximum Gasteiger partial charge on any atom is 0.287 e. The Hall–Kier alpha value is -2.23. The zero-order valence-electron chi connectivity index (χ0n) is 10.5. The Labute approximate surface area is 111 Å². The van der Waals surface area contributed by atoms with Crippen LogP contribution < -0.4 is 0 Å². The number of hydrogen-bond donors (Lipinski definition) is 0. The first-order valence-electron chi connectivity index (χ1n) is 6.38. The molecule has 0 bridgehead atoms. The monoisotopic (exact) mass is 254 g/mol. The maximum atomic E-state index is 10.6. The average molecular weight is 254 g/mol. The van der Waals surface area contributed by atoms with Crippen molar-refractivity contribution in [3.05, 3.63) is 69.5 Å². The second kappa shape index (κ2) is 4.80. The second-order valence-corrected chi connectivity index (χ2v) is 5.01. The third kappa shape index (κ3) is 2.47. The Morgan fingerprint density at radius 3 is 2.37 bits per heavy atom. The molecule has 0 fully saturated rings. The van der Waals surface area contributed by atoms with Crippen molar-refractivity contribution in [1.82, 2.24) is 4.98 Å². The molecule has 1 aromatic carbocycles. The van der Waals surface area contributed by atoms with Crippen molar-refractivity contribution < 1.29 is 4.92 Å². The fraction of sp³-hybridized carbons (Fsp3) is 0.267. The molecule has 19 heavy (non-hydrogen) atoms. The van der Waals surface area contributed by atoms with Crippen LogP contribution in [0.1, 0.15) is 16.8 Å². The number of hydrogen-bond acceptors (Lipinski definition) is 3. The molecule has 4 heteroatoms. The van der Waals surface area contributed by atoms with E-state index in [1.165, 1.54) is 23.4 Å². The van der Waals surface area contributed by atoms with Crippen molar-refractivity contribution in [3.8, 4) is 0 Å². The van der Waals surface area contributed by atoms with Crippen LogP contribution in [-0.2, 0) is 19.3 Å². The van der Waals surface area contributed by atoms with E-state index < -0.39 is 4.92 Å². The molecule has 3 rings (SSSR count). The van der Waals surface area contributed by atoms with E-state index in [1.54, 1.807) is 6.07 Å². The van der Waals surface area contributed by atoms with Gasteiger partial charge in [0.05, 0.1) is 4.92 Å². The van der Waals surface area contributed by atoms with Crippen LogP contribution in [0.4, 0.5) is 5.69 Å². The smallest absolute Gasteiger partial charge is 0.258 e. The van der Waals surface area contributed by atoms with Gasteiger partial charge in [-0.2, -0.15) is 0 Å². The minimum atomic E-state index is -0.414. The molecule has 0 saturated heterocycles. The topological polar surface area (TPSA) is 56.0 Å². The minimum Gasteiger partial charge on any atom is -0.258 e. The van der Waals surface area contributed by atoms with Crippen LogP contribution in [0.2, 0.25) is 0 Å². The second-order valence-electron chi connectivity index (χ2n) is 5.01. The number of rotatable bonds is 3. The minimum absolute atomic E-state index is 0.0541. The Morgan fingerprint density at radius 1 is 1.16 bits per heavy atom. The van der Waals surface area contributed by atoms with Gasteiger partial charge < -0.3 is 0 Å². The highest BCUT2D eigenvalue weighted by Gasteiger charge is 2.21. The summed E-state index contributed by atoms with van der Waals surface area (Å²) in [4.78, 5) is 14.3. The molecule has 1 aliphatic carbocycles. The van der Waals surface area contributed by atoms with E-state index in [9.17, 15) is 10.1 Å². The number of fused-ring (bicyclic) bond motifs is 1. The van der Waals surface area contributed by atoms with Crippen molar-refractivity contribution in [2.45, 2.75) is 19.3 Å². The first-order chi connectivity index (χ1) is 9.22. The molecule has 96 valence electrons. The van der Waals surface area contributed by atoms with Crippen molar-refractivity contribution in [3.63, 3.8) is 0 Å². The van der Waals surface area contributed by atoms with Gasteiger partial charge in [0, 0.05) is 11.8 Å². The van der Waals surface area contributed by atoms with E-state index in [-0.39, 0.29) is 5.69 Å². The molecule has 0 aliphatic heterocycles. The van der Waals surface area contributed by atoms with Gasteiger partial charge in [0.15, 0.2) is 0 Å². The van der Waals surface area contributed by atoms with Gasteiger partial charge in [0.1, 0.15) is 6.20 Å². The molecule has 0 spiro atoms. The summed E-state index contributed by atoms with van der Waals surface area (Å²) in [6.07, 6.45) is 4.38. The van der Waals surface area contributed by atoms with Crippen LogP contribution in [0.25, 0.3) is 0 Å². The predicted octanol–water partition coefficient (Wildman–Crippen LogP) is 2.95. The highest BCUT2D eigenvalue weighted by Crippen LogP contribution is 2.28. The van der Waals surface area contributed by atoms with Crippen LogP contribution in [0.3, 0.4) is 0 Å². The lowest BCUT2D eigenvalue weighted by molar-refractivity contribution is -0.385. The van der Waals surface area contributed by atoms with E-state index >= 15 is 0 Å². The molecule has 0 radical (unpaired) electrons. The third-order valence-corrected chi connectivity index (χ3v) is 3.65. The normalized spacial score (nSPS) is 14.3. The molecule has 0 saturated carbocycles. The summed E-state index contributed by atoms with van der Waals surface area (Å²) in [5.74, 6) is 0.561. The zero-order chi connectivity index (χ0) is 13.2. The molecule has 1 heterocycles. The van der Waals surface area contributed by atoms with Gasteiger partial charge in [0.2, 0.25) is 0 Å². The lowest BCUT2D eigenvalue weighted by Gasteiger charge is -2.07. The molecule has 4 nitrogen and oxygen atoms in total. The van der Waals surface area contributed by atoms with Crippen molar-refractivity contribution in [2.75, 3.05) is 0 Å². The average Bonchev–Trinajstić information content (AvgIpc) is 2.81. The largest absolute Gasteiger partial charge is 0.287 e. The SMILES string of the molecule is O=[N+]([O-])c1ccc(CC2Cc3ccccc3C2)nc1. The van der Waals surface area contributed by atoms with Gasteiger partial charge in [-0.05, 0) is 42.4 Å². The predicted molar refractivity (Wildman–Crippen MR) is 71.9 cm³/mol. The molecule has 0 N–H and O–H groups in total. The fourth-order valence-corrected chi connectivity index (χ4v) is 2.74. The first kappa shape index (κ1) is 11.8. The van der Waals surface area contributed by atoms with Crippen molar-refractivity contribution >= 4 is 5.69 Å². The summed E-state index contributed by atoms with van der Waals surface area (Å²) in [7, 11) is 0. The summed E-state index contributed by atoms with van der Waals surface area (Å²) < 4.78 is 0. The number of pyridine rings is 1. The van der Waals surface area contributed by atoms with Gasteiger partial charge in [0.25, 0.3) is 5.69 Å². The highest BCUT2D eigenvalue weighted by atomic mass is 16.6. The summed E-state index contributed by atoms with van der Waals surface area (Å²) in [6, 6.07) is 11.8. The molecule has 0 unspecified atom stereocenters. The van der Waals surface area contributed by atoms with Crippen LogP contribution in [-0.4, -0.2) is 9.91 Å². The number of nitrogens with zero attached hydrogens (tertiary/aromatic N) is 2. The Morgan fingerprint density at radius 2 is 1.84 bits per heavy atom. The lowest BCUT2D eigenvalue weighted by atomic mass is 10.00. The van der Waals surface area contributed by atoms with E-state index in [4.69, 9.17) is 0 Å². The van der Waals surface area contributed by atoms with E-state index in [2.05, 4.69) is 29.2 Å². The number of benzene rings is 1. The van der Waals surface area contributed by atoms with E-state index in [0.29, 0.717) is 5.92 Å². The van der Waals surface area contributed by atoms with Gasteiger partial charge >= 0.3 is 0 Å². The molecular weight excluding hydrogens is 240 g/mol. The van der Waals surface area contributed by atoms with Crippen LogP contribution in [0.15, 0.2) is 42.6 Å². The van der Waals surface area contributed by atoms with Crippen LogP contribution in [0.5, 0.6) is 0 Å². The van der Waals surface area contributed by atoms with E-state index in [0.717, 1.165) is 25.0 Å². The quantitative estimate of drug-likeness (QED) is 0.625. The Kier molecular flexibility index (Phi) is 2.99. The summed E-state index contributed by atoms with van der Waals surface area (Å²) in [6.45, 7) is 0. The summed E-state index contributed by atoms with van der Waals surface area (Å²) in [5, 5.41) is 10.6. The van der Waals surface area contributed by atoms with Gasteiger partial charge in [-0.15, -0.1) is 0 Å². The molecule has 2 aromatic rings. The molecular formula is C15H14N2O2. The molecule has 0 atom stereocenters. The molecule has 1 aromatic heterocycles. The molecule has 1 aliphatic rings. The van der Waals surface area contributed by atoms with Gasteiger partial charge in [-0.25, -0.2) is 0 Å². The Balaban J connectivity index is 1.69. The highest BCUT2D eigenvalue weighted by molar-refractivity contribution is 5.33. The van der Waals surface area contributed by atoms with Crippen LogP contribution in [0, 0.1) is 16.0 Å². The molecule has 0 amide bonds. The third-order valence-electron chi connectivity index (χ3n) is 3.65. The number of aromatic nitrogens is 1. The summed E-state index contributed by atoms with van der Waals surface area (Å²) >= 11 is 0. The lowest BCUT2D eigenvalue weighted by Crippen LogP contribution is -2.05. The van der Waals surface area contributed by atoms with E-state index in [1.807, 2.05) is 0 Å². The zero-order valence-corrected chi connectivity index (χ0v) is 10.5. The fourth-order valence-electron chi connectivity index (χ4n) is 2.74. The summed E-state index contributed by atoms with van der Waals surface area (Å²) in [5.41, 5.74) is 3.84. The van der Waals surface area contributed by atoms with Crippen LogP contribution >= 0.6 is 0 Å². The number of nitro groups is 1.